The normalized spacial score (nSPS) is 9.30. The fraction of sp³-hybridized carbons (Fsp3) is 0.143. The van der Waals surface area contributed by atoms with E-state index in [0.29, 0.717) is 5.69 Å². The molecule has 0 aliphatic carbocycles. The Morgan fingerprint density at radius 1 is 1.40 bits per heavy atom. The van der Waals surface area contributed by atoms with Gasteiger partial charge in [0.25, 0.3) is 0 Å². The number of anilines is 1. The molecule has 1 rings (SSSR count). The van der Waals surface area contributed by atoms with Crippen molar-refractivity contribution in [2.75, 3.05) is 12.0 Å². The Labute approximate surface area is 58.9 Å². The summed E-state index contributed by atoms with van der Waals surface area (Å²) in [6.07, 6.45) is 0. The Balaban J connectivity index is 2.75. The van der Waals surface area contributed by atoms with E-state index in [1.165, 1.54) is 6.07 Å². The molecule has 0 aromatic heterocycles. The molecule has 0 aliphatic heterocycles. The number of hydrogen-bond donors (Lipinski definition) is 3. The Kier molecular flexibility index (Phi) is 2.12. The second-order valence-electron chi connectivity index (χ2n) is 1.89. The van der Waals surface area contributed by atoms with Crippen molar-refractivity contribution in [3.8, 4) is 5.75 Å². The number of aliphatic hydroxyl groups is 1. The fourth-order valence-corrected chi connectivity index (χ4v) is 0.707. The van der Waals surface area contributed by atoms with E-state index >= 15 is 0 Å². The molecule has 10 heavy (non-hydrogen) atoms. The van der Waals surface area contributed by atoms with Crippen LogP contribution in [0.15, 0.2) is 24.3 Å². The minimum Gasteiger partial charge on any atom is -0.508 e. The predicted octanol–water partition coefficient (Wildman–Crippen LogP) is 0.754. The van der Waals surface area contributed by atoms with E-state index in [2.05, 4.69) is 5.32 Å². The first kappa shape index (κ1) is 6.89. The summed E-state index contributed by atoms with van der Waals surface area (Å²) in [6, 6.07) is 6.57. The largest absolute Gasteiger partial charge is 0.508 e. The van der Waals surface area contributed by atoms with Crippen molar-refractivity contribution < 1.29 is 10.2 Å². The molecule has 3 N–H and O–H groups in total. The number of phenolic OH excluding ortho intramolecular Hbond substituents is 1. The number of phenols is 1. The number of nitrogens with one attached hydrogen (secondary N) is 1. The van der Waals surface area contributed by atoms with Gasteiger partial charge in [-0.2, -0.15) is 0 Å². The lowest BCUT2D eigenvalue weighted by Crippen LogP contribution is -1.98. The highest BCUT2D eigenvalue weighted by Gasteiger charge is 1.89. The number of benzene rings is 1. The minimum atomic E-state index is -0.122. The van der Waals surface area contributed by atoms with Crippen LogP contribution in [0.25, 0.3) is 0 Å². The van der Waals surface area contributed by atoms with E-state index in [4.69, 9.17) is 10.2 Å². The van der Waals surface area contributed by atoms with Crippen LogP contribution in [-0.2, 0) is 0 Å². The van der Waals surface area contributed by atoms with E-state index in [1.54, 1.807) is 18.2 Å². The number of rotatable bonds is 2. The molecule has 1 aromatic rings. The van der Waals surface area contributed by atoms with Crippen LogP contribution in [0.4, 0.5) is 5.69 Å². The van der Waals surface area contributed by atoms with Gasteiger partial charge in [0.05, 0.1) is 0 Å². The van der Waals surface area contributed by atoms with Crippen molar-refractivity contribution >= 4 is 5.69 Å². The van der Waals surface area contributed by atoms with Crippen LogP contribution in [-0.4, -0.2) is 16.9 Å². The van der Waals surface area contributed by atoms with Gasteiger partial charge in [-0.05, 0) is 12.1 Å². The van der Waals surface area contributed by atoms with Crippen LogP contribution in [0.2, 0.25) is 0 Å². The Morgan fingerprint density at radius 2 is 2.20 bits per heavy atom. The SMILES string of the molecule is OCNc1cccc(O)c1. The molecule has 3 nitrogen and oxygen atoms in total. The Bertz CT molecular complexity index is 213. The molecule has 0 fully saturated rings. The van der Waals surface area contributed by atoms with Gasteiger partial charge in [-0.3, -0.25) is 0 Å². The molecule has 0 bridgehead atoms. The third kappa shape index (κ3) is 1.63. The molecule has 0 aliphatic rings. The number of aromatic hydroxyl groups is 1. The molecule has 54 valence electrons. The quantitative estimate of drug-likeness (QED) is 0.530. The molecule has 1 aromatic carbocycles. The summed E-state index contributed by atoms with van der Waals surface area (Å²) in [6.45, 7) is -0.122. The van der Waals surface area contributed by atoms with Gasteiger partial charge in [0.2, 0.25) is 0 Å². The van der Waals surface area contributed by atoms with Gasteiger partial charge in [0.15, 0.2) is 0 Å². The van der Waals surface area contributed by atoms with Crippen molar-refractivity contribution in [3.63, 3.8) is 0 Å². The lowest BCUT2D eigenvalue weighted by atomic mass is 10.3. The van der Waals surface area contributed by atoms with Gasteiger partial charge in [-0.25, -0.2) is 0 Å². The fourth-order valence-electron chi connectivity index (χ4n) is 0.707. The van der Waals surface area contributed by atoms with Crippen LogP contribution in [0.3, 0.4) is 0 Å². The second kappa shape index (κ2) is 3.08. The summed E-state index contributed by atoms with van der Waals surface area (Å²) in [7, 11) is 0. The molecule has 0 unspecified atom stereocenters. The van der Waals surface area contributed by atoms with Crippen LogP contribution in [0, 0.1) is 0 Å². The third-order valence-electron chi connectivity index (χ3n) is 1.13. The number of hydrogen-bond acceptors (Lipinski definition) is 3. The van der Waals surface area contributed by atoms with Gasteiger partial charge >= 0.3 is 0 Å². The predicted molar refractivity (Wildman–Crippen MR) is 38.8 cm³/mol. The Hall–Kier alpha value is -1.22. The first-order chi connectivity index (χ1) is 4.83. The second-order valence-corrected chi connectivity index (χ2v) is 1.89. The van der Waals surface area contributed by atoms with E-state index in [-0.39, 0.29) is 12.5 Å². The molecule has 0 radical (unpaired) electrons. The standard InChI is InChI=1S/C7H9NO2/c9-5-8-6-2-1-3-7(10)4-6/h1-4,8-10H,5H2. The van der Waals surface area contributed by atoms with Crippen LogP contribution in [0.5, 0.6) is 5.75 Å². The smallest absolute Gasteiger partial charge is 0.117 e. The monoisotopic (exact) mass is 139 g/mol. The average molecular weight is 139 g/mol. The summed E-state index contributed by atoms with van der Waals surface area (Å²) in [5.74, 6) is 0.193. The van der Waals surface area contributed by atoms with Crippen molar-refractivity contribution in [3.05, 3.63) is 24.3 Å². The molecular weight excluding hydrogens is 130 g/mol. The van der Waals surface area contributed by atoms with Crippen LogP contribution >= 0.6 is 0 Å². The zero-order valence-corrected chi connectivity index (χ0v) is 5.41. The summed E-state index contributed by atoms with van der Waals surface area (Å²) in [5, 5.41) is 20.0. The van der Waals surface area contributed by atoms with Crippen molar-refractivity contribution in [1.82, 2.24) is 0 Å². The first-order valence-corrected chi connectivity index (χ1v) is 2.96. The molecule has 0 spiro atoms. The minimum absolute atomic E-state index is 0.122. The van der Waals surface area contributed by atoms with Crippen molar-refractivity contribution in [2.45, 2.75) is 0 Å². The van der Waals surface area contributed by atoms with Crippen molar-refractivity contribution in [1.29, 1.82) is 0 Å². The highest BCUT2D eigenvalue weighted by atomic mass is 16.3. The van der Waals surface area contributed by atoms with Gasteiger partial charge < -0.3 is 15.5 Å². The molecule has 0 saturated heterocycles. The topological polar surface area (TPSA) is 52.5 Å². The van der Waals surface area contributed by atoms with E-state index in [1.807, 2.05) is 0 Å². The zero-order chi connectivity index (χ0) is 7.40. The lowest BCUT2D eigenvalue weighted by molar-refractivity contribution is 0.325. The molecule has 0 atom stereocenters. The van der Waals surface area contributed by atoms with Gasteiger partial charge in [-0.1, -0.05) is 6.07 Å². The summed E-state index contributed by atoms with van der Waals surface area (Å²) < 4.78 is 0. The maximum absolute atomic E-state index is 8.92. The summed E-state index contributed by atoms with van der Waals surface area (Å²) in [5.41, 5.74) is 0.711. The summed E-state index contributed by atoms with van der Waals surface area (Å²) in [4.78, 5) is 0. The lowest BCUT2D eigenvalue weighted by Gasteiger charge is -2.00. The van der Waals surface area contributed by atoms with Gasteiger partial charge in [0.1, 0.15) is 12.5 Å². The highest BCUT2D eigenvalue weighted by Crippen LogP contribution is 2.14. The number of aliphatic hydroxyl groups excluding tert-OH is 1. The van der Waals surface area contributed by atoms with E-state index in [9.17, 15) is 0 Å². The summed E-state index contributed by atoms with van der Waals surface area (Å²) >= 11 is 0. The molecule has 0 amide bonds. The van der Waals surface area contributed by atoms with Crippen molar-refractivity contribution in [2.24, 2.45) is 0 Å². The Morgan fingerprint density at radius 3 is 2.80 bits per heavy atom. The first-order valence-electron chi connectivity index (χ1n) is 2.96. The van der Waals surface area contributed by atoms with Crippen LogP contribution in [0.1, 0.15) is 0 Å². The van der Waals surface area contributed by atoms with E-state index < -0.39 is 0 Å². The maximum atomic E-state index is 8.92. The van der Waals surface area contributed by atoms with Gasteiger partial charge in [0, 0.05) is 11.8 Å². The highest BCUT2D eigenvalue weighted by molar-refractivity contribution is 5.47. The maximum Gasteiger partial charge on any atom is 0.117 e. The molecule has 3 heteroatoms. The molecule has 0 saturated carbocycles. The molecule has 0 heterocycles. The average Bonchev–Trinajstić information content (AvgIpc) is 1.88. The third-order valence-corrected chi connectivity index (χ3v) is 1.13. The molecular formula is C7H9NO2. The van der Waals surface area contributed by atoms with E-state index in [0.717, 1.165) is 0 Å². The zero-order valence-electron chi connectivity index (χ0n) is 5.41. The van der Waals surface area contributed by atoms with Gasteiger partial charge in [-0.15, -0.1) is 0 Å². The van der Waals surface area contributed by atoms with Crippen LogP contribution < -0.4 is 5.32 Å².